The summed E-state index contributed by atoms with van der Waals surface area (Å²) in [7, 11) is 0. The smallest absolute Gasteiger partial charge is 0.266 e. The summed E-state index contributed by atoms with van der Waals surface area (Å²) in [6.45, 7) is 3.78. The van der Waals surface area contributed by atoms with E-state index in [-0.39, 0.29) is 11.5 Å². The van der Waals surface area contributed by atoms with Crippen LogP contribution in [-0.2, 0) is 4.79 Å². The number of nitrogens with zero attached hydrogens (tertiary/aromatic N) is 3. The van der Waals surface area contributed by atoms with E-state index >= 15 is 0 Å². The molecule has 1 atom stereocenters. The Bertz CT molecular complexity index is 1240. The molecule has 0 aliphatic heterocycles. The third-order valence-corrected chi connectivity index (χ3v) is 7.02. The first kappa shape index (κ1) is 22.1. The average Bonchev–Trinajstić information content (AvgIpc) is 2.81. The highest BCUT2D eigenvalue weighted by atomic mass is 32.2. The van der Waals surface area contributed by atoms with E-state index in [0.717, 1.165) is 24.8 Å². The van der Waals surface area contributed by atoms with Crippen molar-refractivity contribution in [2.75, 3.05) is 0 Å². The minimum Gasteiger partial charge on any atom is -0.337 e. The third-order valence-electron chi connectivity index (χ3n) is 5.97. The zero-order valence-corrected chi connectivity index (χ0v) is 19.1. The SMILES string of the molecule is Cc1ccc(-n2c(S[C@H](C)C(=O)NC3(C#N)CCCCC3)nc3ccccc3c2=O)cc1. The molecule has 0 spiro atoms. The summed E-state index contributed by atoms with van der Waals surface area (Å²) in [5.41, 5.74) is 1.42. The van der Waals surface area contributed by atoms with E-state index in [1.165, 1.54) is 11.8 Å². The molecule has 1 N–H and O–H groups in total. The third kappa shape index (κ3) is 4.42. The Labute approximate surface area is 191 Å². The maximum atomic E-state index is 13.4. The summed E-state index contributed by atoms with van der Waals surface area (Å²) in [5, 5.41) is 13.1. The fraction of sp³-hybridized carbons (Fsp3) is 0.360. The summed E-state index contributed by atoms with van der Waals surface area (Å²) < 4.78 is 1.57. The number of carbonyl (C=O) groups is 1. The van der Waals surface area contributed by atoms with Gasteiger partial charge in [0.15, 0.2) is 5.16 Å². The first-order valence-electron chi connectivity index (χ1n) is 10.9. The molecule has 2 aromatic carbocycles. The average molecular weight is 447 g/mol. The van der Waals surface area contributed by atoms with Gasteiger partial charge in [0.2, 0.25) is 5.91 Å². The quantitative estimate of drug-likeness (QED) is 0.460. The molecule has 1 fully saturated rings. The van der Waals surface area contributed by atoms with Crippen molar-refractivity contribution in [1.82, 2.24) is 14.9 Å². The number of nitrogens with one attached hydrogen (secondary N) is 1. The van der Waals surface area contributed by atoms with Crippen molar-refractivity contribution in [3.8, 4) is 11.8 Å². The molecule has 3 aromatic rings. The molecule has 6 nitrogen and oxygen atoms in total. The zero-order chi connectivity index (χ0) is 22.7. The van der Waals surface area contributed by atoms with E-state index in [2.05, 4.69) is 11.4 Å². The Balaban J connectivity index is 1.69. The van der Waals surface area contributed by atoms with Crippen LogP contribution in [0.15, 0.2) is 58.5 Å². The van der Waals surface area contributed by atoms with E-state index < -0.39 is 10.8 Å². The number of para-hydroxylation sites is 1. The lowest BCUT2D eigenvalue weighted by molar-refractivity contribution is -0.121. The van der Waals surface area contributed by atoms with Crippen LogP contribution in [0.25, 0.3) is 16.6 Å². The number of nitriles is 1. The molecular weight excluding hydrogens is 420 g/mol. The van der Waals surface area contributed by atoms with Gasteiger partial charge in [0.1, 0.15) is 5.54 Å². The van der Waals surface area contributed by atoms with E-state index in [4.69, 9.17) is 4.98 Å². The standard InChI is InChI=1S/C25H26N4O2S/c1-17-10-12-19(13-11-17)29-23(31)20-8-4-5-9-21(20)27-24(29)32-18(2)22(30)28-25(16-26)14-6-3-7-15-25/h4-5,8-13,18H,3,6-7,14-15H2,1-2H3,(H,28,30)/t18-/m1/s1. The number of hydrogen-bond acceptors (Lipinski definition) is 5. The van der Waals surface area contributed by atoms with Gasteiger partial charge in [-0.3, -0.25) is 14.2 Å². The van der Waals surface area contributed by atoms with Crippen molar-refractivity contribution >= 4 is 28.6 Å². The highest BCUT2D eigenvalue weighted by Gasteiger charge is 2.35. The molecule has 0 bridgehead atoms. The summed E-state index contributed by atoms with van der Waals surface area (Å²) >= 11 is 1.23. The molecule has 1 saturated carbocycles. The maximum absolute atomic E-state index is 13.4. The number of carbonyl (C=O) groups excluding carboxylic acids is 1. The molecule has 1 amide bonds. The Morgan fingerprint density at radius 1 is 1.16 bits per heavy atom. The van der Waals surface area contributed by atoms with Crippen LogP contribution in [0, 0.1) is 18.3 Å². The van der Waals surface area contributed by atoms with Crippen LogP contribution in [0.1, 0.15) is 44.6 Å². The second kappa shape index (κ2) is 9.17. The van der Waals surface area contributed by atoms with Crippen molar-refractivity contribution < 1.29 is 4.79 Å². The van der Waals surface area contributed by atoms with Crippen LogP contribution < -0.4 is 10.9 Å². The highest BCUT2D eigenvalue weighted by Crippen LogP contribution is 2.30. The van der Waals surface area contributed by atoms with Crippen LogP contribution in [0.5, 0.6) is 0 Å². The van der Waals surface area contributed by atoms with Crippen LogP contribution in [0.2, 0.25) is 0 Å². The monoisotopic (exact) mass is 446 g/mol. The Morgan fingerprint density at radius 3 is 2.53 bits per heavy atom. The van der Waals surface area contributed by atoms with Crippen LogP contribution >= 0.6 is 11.8 Å². The van der Waals surface area contributed by atoms with Gasteiger partial charge in [-0.15, -0.1) is 0 Å². The lowest BCUT2D eigenvalue weighted by Crippen LogP contribution is -2.51. The number of rotatable bonds is 5. The first-order chi connectivity index (χ1) is 15.4. The first-order valence-corrected chi connectivity index (χ1v) is 11.8. The van der Waals surface area contributed by atoms with Gasteiger partial charge >= 0.3 is 0 Å². The molecule has 7 heteroatoms. The fourth-order valence-corrected chi connectivity index (χ4v) is 5.01. The largest absolute Gasteiger partial charge is 0.337 e. The molecule has 32 heavy (non-hydrogen) atoms. The summed E-state index contributed by atoms with van der Waals surface area (Å²) in [4.78, 5) is 31.1. The molecule has 164 valence electrons. The molecule has 4 rings (SSSR count). The van der Waals surface area contributed by atoms with Crippen LogP contribution in [-0.4, -0.2) is 26.2 Å². The van der Waals surface area contributed by atoms with E-state index in [9.17, 15) is 14.9 Å². The van der Waals surface area contributed by atoms with Gasteiger partial charge in [0.05, 0.1) is 27.9 Å². The molecular formula is C25H26N4O2S. The second-order valence-electron chi connectivity index (χ2n) is 8.39. The Morgan fingerprint density at radius 2 is 1.84 bits per heavy atom. The maximum Gasteiger partial charge on any atom is 0.266 e. The van der Waals surface area contributed by atoms with Gasteiger partial charge in [-0.05, 0) is 51.0 Å². The number of fused-ring (bicyclic) bond motifs is 1. The van der Waals surface area contributed by atoms with Gasteiger partial charge in [-0.1, -0.05) is 60.9 Å². The summed E-state index contributed by atoms with van der Waals surface area (Å²) in [5.74, 6) is -0.212. The number of amides is 1. The number of thioether (sulfide) groups is 1. The molecule has 1 aliphatic carbocycles. The fourth-order valence-electron chi connectivity index (χ4n) is 4.08. The van der Waals surface area contributed by atoms with Gasteiger partial charge in [0, 0.05) is 0 Å². The topological polar surface area (TPSA) is 87.8 Å². The van der Waals surface area contributed by atoms with E-state index in [0.29, 0.717) is 34.6 Å². The molecule has 0 unspecified atom stereocenters. The number of aromatic nitrogens is 2. The van der Waals surface area contributed by atoms with Gasteiger partial charge < -0.3 is 5.32 Å². The van der Waals surface area contributed by atoms with Crippen molar-refractivity contribution in [2.24, 2.45) is 0 Å². The van der Waals surface area contributed by atoms with E-state index in [1.807, 2.05) is 43.3 Å². The minimum absolute atomic E-state index is 0.171. The van der Waals surface area contributed by atoms with Crippen molar-refractivity contribution in [3.63, 3.8) is 0 Å². The molecule has 0 radical (unpaired) electrons. The van der Waals surface area contributed by atoms with Crippen molar-refractivity contribution in [3.05, 3.63) is 64.4 Å². The second-order valence-corrected chi connectivity index (χ2v) is 9.70. The van der Waals surface area contributed by atoms with Crippen molar-refractivity contribution in [2.45, 2.75) is 61.9 Å². The lowest BCUT2D eigenvalue weighted by Gasteiger charge is -2.32. The molecule has 1 aromatic heterocycles. The normalized spacial score (nSPS) is 16.3. The summed E-state index contributed by atoms with van der Waals surface area (Å²) in [6.07, 6.45) is 4.32. The molecule has 1 heterocycles. The van der Waals surface area contributed by atoms with Crippen LogP contribution in [0.4, 0.5) is 0 Å². The molecule has 0 saturated heterocycles. The van der Waals surface area contributed by atoms with Gasteiger partial charge in [-0.25, -0.2) is 4.98 Å². The lowest BCUT2D eigenvalue weighted by atomic mass is 9.83. The Kier molecular flexibility index (Phi) is 6.33. The van der Waals surface area contributed by atoms with Crippen LogP contribution in [0.3, 0.4) is 0 Å². The molecule has 1 aliphatic rings. The predicted molar refractivity (Wildman–Crippen MR) is 127 cm³/mol. The Hall–Kier alpha value is -3.11. The number of benzene rings is 2. The zero-order valence-electron chi connectivity index (χ0n) is 18.3. The van der Waals surface area contributed by atoms with E-state index in [1.54, 1.807) is 23.6 Å². The van der Waals surface area contributed by atoms with Crippen molar-refractivity contribution in [1.29, 1.82) is 5.26 Å². The predicted octanol–water partition coefficient (Wildman–Crippen LogP) is 4.52. The van der Waals surface area contributed by atoms with Gasteiger partial charge in [0.25, 0.3) is 5.56 Å². The number of hydrogen-bond donors (Lipinski definition) is 1. The number of aryl methyl sites for hydroxylation is 1. The van der Waals surface area contributed by atoms with Gasteiger partial charge in [-0.2, -0.15) is 5.26 Å². The minimum atomic E-state index is -0.794. The summed E-state index contributed by atoms with van der Waals surface area (Å²) in [6, 6.07) is 17.2. The highest BCUT2D eigenvalue weighted by molar-refractivity contribution is 8.00.